The van der Waals surface area contributed by atoms with Gasteiger partial charge in [-0.15, -0.1) is 6.42 Å². The van der Waals surface area contributed by atoms with Gasteiger partial charge in [0, 0.05) is 29.8 Å². The molecule has 2 aliphatic heterocycles. The van der Waals surface area contributed by atoms with Gasteiger partial charge in [-0.25, -0.2) is 4.57 Å². The number of carbonyl (C=O) groups excluding carboxylic acids is 1. The van der Waals surface area contributed by atoms with Crippen molar-refractivity contribution in [3.05, 3.63) is 0 Å². The molecule has 1 N–H and O–H groups in total. The van der Waals surface area contributed by atoms with Crippen LogP contribution in [0.3, 0.4) is 0 Å². The van der Waals surface area contributed by atoms with Crippen molar-refractivity contribution < 1.29 is 41.9 Å². The van der Waals surface area contributed by atoms with Gasteiger partial charge in [-0.2, -0.15) is 0 Å². The molecule has 2 aliphatic rings. The zero-order valence-corrected chi connectivity index (χ0v) is 32.2. The highest BCUT2D eigenvalue weighted by atomic mass is 33.1. The van der Waals surface area contributed by atoms with Crippen molar-refractivity contribution in [3.63, 3.8) is 0 Å². The maximum atomic E-state index is 14.3. The highest BCUT2D eigenvalue weighted by Crippen LogP contribution is 2.55. The first kappa shape index (κ1) is 41.8. The van der Waals surface area contributed by atoms with Crippen LogP contribution in [-0.4, -0.2) is 90.6 Å². The van der Waals surface area contributed by atoms with Crippen molar-refractivity contribution in [2.24, 2.45) is 0 Å². The van der Waals surface area contributed by atoms with Crippen LogP contribution >= 0.6 is 29.4 Å². The fourth-order valence-corrected chi connectivity index (χ4v) is 9.82. The summed E-state index contributed by atoms with van der Waals surface area (Å²) in [7, 11) is -0.515. The quantitative estimate of drug-likeness (QED) is 0.0528. The first-order chi connectivity index (χ1) is 21.5. The van der Waals surface area contributed by atoms with Crippen molar-refractivity contribution in [3.8, 4) is 12.3 Å². The number of ether oxygens (including phenoxy) is 4. The molecule has 0 spiro atoms. The maximum Gasteiger partial charge on any atom is 0.475 e. The Kier molecular flexibility index (Phi) is 18.5. The van der Waals surface area contributed by atoms with E-state index in [-0.39, 0.29) is 60.4 Å². The average Bonchev–Trinajstić information content (AvgIpc) is 3.50. The molecule has 2 rings (SSSR count). The lowest BCUT2D eigenvalue weighted by Gasteiger charge is -2.32. The minimum absolute atomic E-state index is 0.00511. The molecule has 46 heavy (non-hydrogen) atoms. The van der Waals surface area contributed by atoms with Gasteiger partial charge < -0.3 is 24.3 Å². The first-order valence-electron chi connectivity index (χ1n) is 16.8. The zero-order valence-electron chi connectivity index (χ0n) is 29.7. The Balaban J connectivity index is 1.98. The lowest BCUT2D eigenvalue weighted by molar-refractivity contribution is -0.121. The Morgan fingerprint density at radius 2 is 1.63 bits per heavy atom. The minimum atomic E-state index is -4.04. The molecule has 0 aromatic heterocycles. The molecular weight excluding hydrogens is 649 g/mol. The Morgan fingerprint density at radius 1 is 1.00 bits per heavy atom. The number of phosphoric acid groups is 1. The first-order valence-corrected chi connectivity index (χ1v) is 20.6. The Labute approximate surface area is 286 Å². The second-order valence-corrected chi connectivity index (χ2v) is 18.2. The van der Waals surface area contributed by atoms with E-state index in [0.29, 0.717) is 19.3 Å². The van der Waals surface area contributed by atoms with Gasteiger partial charge in [-0.05, 0) is 88.5 Å². The molecule has 2 heterocycles. The molecule has 0 aromatic carbocycles. The predicted octanol–water partition coefficient (Wildman–Crippen LogP) is 7.33. The number of hydrogen-bond acceptors (Lipinski definition) is 11. The topological polar surface area (TPSA) is 111 Å². The van der Waals surface area contributed by atoms with Gasteiger partial charge in [-0.3, -0.25) is 18.4 Å². The number of amides is 1. The van der Waals surface area contributed by atoms with Crippen LogP contribution < -0.4 is 5.32 Å². The lowest BCUT2D eigenvalue weighted by atomic mass is 10.1. The summed E-state index contributed by atoms with van der Waals surface area (Å²) < 4.78 is 57.2. The third kappa shape index (κ3) is 15.5. The normalized spacial score (nSPS) is 27.9. The summed E-state index contributed by atoms with van der Waals surface area (Å²) >= 11 is 0. The molecule has 0 saturated carbocycles. The van der Waals surface area contributed by atoms with Crippen molar-refractivity contribution in [2.45, 2.75) is 174 Å². The third-order valence-corrected chi connectivity index (χ3v) is 12.6. The molecule has 9 atom stereocenters. The van der Waals surface area contributed by atoms with Crippen LogP contribution in [0.5, 0.6) is 0 Å². The Hall–Kier alpha value is -0.320. The van der Waals surface area contributed by atoms with E-state index in [1.807, 2.05) is 55.4 Å². The van der Waals surface area contributed by atoms with Gasteiger partial charge in [-0.1, -0.05) is 27.5 Å². The number of hydrogen-bond donors (Lipinski definition) is 1. The van der Waals surface area contributed by atoms with Crippen molar-refractivity contribution in [1.29, 1.82) is 0 Å². The van der Waals surface area contributed by atoms with Crippen LogP contribution in [0.15, 0.2) is 0 Å². The molecule has 0 aromatic rings. The smallest absolute Gasteiger partial charge is 0.373 e. The van der Waals surface area contributed by atoms with Crippen LogP contribution in [0.4, 0.5) is 0 Å². The van der Waals surface area contributed by atoms with E-state index in [0.717, 1.165) is 25.0 Å². The average molecular weight is 710 g/mol. The summed E-state index contributed by atoms with van der Waals surface area (Å²) in [4.78, 5) is 11.9. The fraction of sp³-hybridized carbons (Fsp3) is 0.909. The summed E-state index contributed by atoms with van der Waals surface area (Å²) in [5.74, 6) is 3.27. The molecule has 0 bridgehead atoms. The van der Waals surface area contributed by atoms with Crippen molar-refractivity contribution in [1.82, 2.24) is 5.32 Å². The summed E-state index contributed by atoms with van der Waals surface area (Å²) in [6.45, 7) is 20.4. The van der Waals surface area contributed by atoms with E-state index >= 15 is 0 Å². The third-order valence-electron chi connectivity index (χ3n) is 7.56. The maximum absolute atomic E-state index is 14.3. The Morgan fingerprint density at radius 3 is 2.24 bits per heavy atom. The molecule has 2 saturated heterocycles. The van der Waals surface area contributed by atoms with Gasteiger partial charge in [0.15, 0.2) is 0 Å². The van der Waals surface area contributed by atoms with E-state index < -0.39 is 32.2 Å². The van der Waals surface area contributed by atoms with E-state index in [4.69, 9.17) is 38.9 Å². The van der Waals surface area contributed by atoms with Crippen LogP contribution in [0.1, 0.15) is 108 Å². The minimum Gasteiger partial charge on any atom is -0.373 e. The number of nitrogens with one attached hydrogen (secondary N) is 1. The zero-order chi connectivity index (χ0) is 34.5. The van der Waals surface area contributed by atoms with Crippen LogP contribution in [0.25, 0.3) is 0 Å². The number of terminal acetylenes is 1. The largest absolute Gasteiger partial charge is 0.475 e. The molecule has 1 amide bonds. The van der Waals surface area contributed by atoms with Gasteiger partial charge in [0.2, 0.25) is 5.91 Å². The van der Waals surface area contributed by atoms with E-state index in [2.05, 4.69) is 25.1 Å². The highest BCUT2D eigenvalue weighted by Gasteiger charge is 2.47. The van der Waals surface area contributed by atoms with Crippen molar-refractivity contribution in [2.75, 3.05) is 18.9 Å². The number of rotatable bonds is 22. The molecule has 268 valence electrons. The molecule has 10 nitrogen and oxygen atoms in total. The summed E-state index contributed by atoms with van der Waals surface area (Å²) in [6, 6.07) is 0. The van der Waals surface area contributed by atoms with Gasteiger partial charge >= 0.3 is 7.82 Å². The molecule has 0 radical (unpaired) electrons. The number of carbonyl (C=O) groups is 1. The predicted molar refractivity (Wildman–Crippen MR) is 187 cm³/mol. The van der Waals surface area contributed by atoms with Gasteiger partial charge in [0.1, 0.15) is 18.3 Å². The molecule has 0 aliphatic carbocycles. The van der Waals surface area contributed by atoms with Gasteiger partial charge in [0.05, 0.1) is 55.9 Å². The van der Waals surface area contributed by atoms with Crippen LogP contribution in [0, 0.1) is 12.3 Å². The van der Waals surface area contributed by atoms with E-state index in [9.17, 15) is 9.36 Å². The standard InChI is InChI=1S/C33H60NO9PS2/c1-12-17-34-30(35)15-16-33(10,11)46-45-19-14-13-18-37-44(36,42-27(9)32-28(39-23(4)5)20-24(6)41-32)43-29-21-25(7)40-31(29)26(8)38-22(2)3/h1,22-29,31-32H,13-21H2,2-11H3,(H,34,35)/t24-,25-,26?,27?,28+,29+,31+,32+,44?/m0/s1. The monoisotopic (exact) mass is 709 g/mol. The summed E-state index contributed by atoms with van der Waals surface area (Å²) in [5.41, 5.74) is 0. The Bertz CT molecular complexity index is 995. The van der Waals surface area contributed by atoms with Gasteiger partial charge in [0.25, 0.3) is 0 Å². The fourth-order valence-electron chi connectivity index (χ4n) is 5.51. The van der Waals surface area contributed by atoms with Crippen molar-refractivity contribution >= 4 is 35.3 Å². The number of phosphoric ester groups is 1. The van der Waals surface area contributed by atoms with E-state index in [1.165, 1.54) is 0 Å². The number of unbranched alkanes of at least 4 members (excludes halogenated alkanes) is 1. The second-order valence-electron chi connectivity index (χ2n) is 13.5. The summed E-state index contributed by atoms with van der Waals surface area (Å²) in [5, 5.41) is 2.71. The van der Waals surface area contributed by atoms with Crippen LogP contribution in [0.2, 0.25) is 0 Å². The second kappa shape index (κ2) is 20.4. The van der Waals surface area contributed by atoms with Crippen LogP contribution in [-0.2, 0) is 41.9 Å². The SMILES string of the molecule is C#CCNC(=O)CCC(C)(C)SSCCCCOP(=O)(OC(C)[C@H]1O[C@@H](C)C[C@H]1OC(C)C)O[C@@H]1C[C@H](C)O[C@@H]1C(C)OC(C)C. The summed E-state index contributed by atoms with van der Waals surface area (Å²) in [6.07, 6.45) is 6.77. The lowest BCUT2D eigenvalue weighted by Crippen LogP contribution is -2.39. The highest BCUT2D eigenvalue weighted by molar-refractivity contribution is 8.77. The molecule has 13 heteroatoms. The molecule has 2 fully saturated rings. The molecular formula is C33H60NO9PS2. The van der Waals surface area contributed by atoms with E-state index in [1.54, 1.807) is 21.6 Å². The molecule has 3 unspecified atom stereocenters.